The Kier molecular flexibility index (Phi) is 6.32. The summed E-state index contributed by atoms with van der Waals surface area (Å²) in [6.07, 6.45) is 1.29. The molecule has 3 rings (SSSR count). The van der Waals surface area contributed by atoms with Gasteiger partial charge in [0, 0.05) is 18.7 Å². The Morgan fingerprint density at radius 1 is 1.23 bits per heavy atom. The van der Waals surface area contributed by atoms with Gasteiger partial charge in [0.2, 0.25) is 0 Å². The molecule has 1 aliphatic carbocycles. The van der Waals surface area contributed by atoms with Crippen molar-refractivity contribution in [2.75, 3.05) is 25.5 Å². The van der Waals surface area contributed by atoms with Crippen LogP contribution in [0.1, 0.15) is 45.6 Å². The molecule has 0 unspecified atom stereocenters. The molecule has 1 fully saturated rings. The number of ether oxygens (including phenoxy) is 1. The van der Waals surface area contributed by atoms with Gasteiger partial charge in [0.05, 0.1) is 11.3 Å². The van der Waals surface area contributed by atoms with Gasteiger partial charge in [-0.25, -0.2) is 0 Å². The van der Waals surface area contributed by atoms with Crippen LogP contribution in [-0.2, 0) is 11.0 Å². The Morgan fingerprint density at radius 3 is 2.50 bits per heavy atom. The first-order valence-corrected chi connectivity index (χ1v) is 10.2. The maximum Gasteiger partial charge on any atom is 0.416 e. The van der Waals surface area contributed by atoms with Crippen molar-refractivity contribution in [3.63, 3.8) is 0 Å². The highest BCUT2D eigenvalue weighted by molar-refractivity contribution is 6.06. The molecule has 1 amide bonds. The van der Waals surface area contributed by atoms with Gasteiger partial charge in [0.25, 0.3) is 5.91 Å². The van der Waals surface area contributed by atoms with Gasteiger partial charge in [0.15, 0.2) is 0 Å². The zero-order valence-corrected chi connectivity index (χ0v) is 17.9. The summed E-state index contributed by atoms with van der Waals surface area (Å²) in [6, 6.07) is 3.24. The summed E-state index contributed by atoms with van der Waals surface area (Å²) in [5.74, 6) is -0.166. The highest BCUT2D eigenvalue weighted by atomic mass is 19.4. The van der Waals surface area contributed by atoms with Crippen molar-refractivity contribution < 1.29 is 22.7 Å². The van der Waals surface area contributed by atoms with Crippen LogP contribution in [-0.4, -0.2) is 37.0 Å². The topological polar surface area (TPSA) is 41.6 Å². The average Bonchev–Trinajstić information content (AvgIpc) is 2.66. The summed E-state index contributed by atoms with van der Waals surface area (Å²) < 4.78 is 45.8. The van der Waals surface area contributed by atoms with Crippen molar-refractivity contribution in [1.82, 2.24) is 4.90 Å². The fourth-order valence-electron chi connectivity index (χ4n) is 3.56. The predicted octanol–water partition coefficient (Wildman–Crippen LogP) is 5.42. The maximum atomic E-state index is 13.3. The molecular weight excluding hydrogens is 393 g/mol. The van der Waals surface area contributed by atoms with E-state index >= 15 is 0 Å². The molecule has 0 aromatic heterocycles. The predicted molar refractivity (Wildman–Crippen MR) is 111 cm³/mol. The summed E-state index contributed by atoms with van der Waals surface area (Å²) in [5, 5.41) is 2.65. The zero-order chi connectivity index (χ0) is 22.1. The van der Waals surface area contributed by atoms with E-state index < -0.39 is 17.6 Å². The number of halogens is 3. The lowest BCUT2D eigenvalue weighted by Crippen LogP contribution is -2.35. The van der Waals surface area contributed by atoms with Crippen molar-refractivity contribution in [2.24, 2.45) is 5.41 Å². The third kappa shape index (κ3) is 5.25. The molecule has 0 radical (unpaired) electrons. The third-order valence-electron chi connectivity index (χ3n) is 6.05. The third-order valence-corrected chi connectivity index (χ3v) is 6.05. The SMILES string of the molecule is CC1=CC(C(=O)Nc2cc(C(F)(F)F)ccc2OC2CCN(C)CC2)=CCC1(C)C. The minimum Gasteiger partial charge on any atom is -0.488 e. The second kappa shape index (κ2) is 8.46. The molecular formula is C23H29F3N2O2. The van der Waals surface area contributed by atoms with Gasteiger partial charge in [-0.05, 0) is 56.8 Å². The first-order chi connectivity index (χ1) is 14.0. The van der Waals surface area contributed by atoms with Crippen molar-refractivity contribution >= 4 is 11.6 Å². The minimum atomic E-state index is -4.50. The van der Waals surface area contributed by atoms with Gasteiger partial charge in [0.1, 0.15) is 11.9 Å². The van der Waals surface area contributed by atoms with Crippen LogP contribution in [0.25, 0.3) is 0 Å². The molecule has 0 saturated carbocycles. The number of benzene rings is 1. The molecule has 1 N–H and O–H groups in total. The number of anilines is 1. The standard InChI is InChI=1S/C23H29F3N2O2/c1-15-13-16(7-10-22(15,2)3)21(29)27-19-14-17(23(24,25)26)5-6-20(19)30-18-8-11-28(4)12-9-18/h5-7,13-14,18H,8-12H2,1-4H3,(H,27,29). The lowest BCUT2D eigenvalue weighted by atomic mass is 9.77. The van der Waals surface area contributed by atoms with Gasteiger partial charge in [-0.3, -0.25) is 4.79 Å². The molecule has 30 heavy (non-hydrogen) atoms. The van der Waals surface area contributed by atoms with Crippen LogP contribution < -0.4 is 10.1 Å². The second-order valence-electron chi connectivity index (χ2n) is 8.86. The molecule has 0 bridgehead atoms. The van der Waals surface area contributed by atoms with E-state index in [1.165, 1.54) is 6.07 Å². The maximum absolute atomic E-state index is 13.3. The van der Waals surface area contributed by atoms with Crippen LogP contribution in [0.15, 0.2) is 41.5 Å². The Hall–Kier alpha value is -2.28. The number of nitrogens with zero attached hydrogens (tertiary/aromatic N) is 1. The number of alkyl halides is 3. The summed E-state index contributed by atoms with van der Waals surface area (Å²) >= 11 is 0. The van der Waals surface area contributed by atoms with Gasteiger partial charge >= 0.3 is 6.18 Å². The monoisotopic (exact) mass is 422 g/mol. The first kappa shape index (κ1) is 22.4. The van der Waals surface area contributed by atoms with E-state index in [-0.39, 0.29) is 23.0 Å². The molecule has 1 aromatic carbocycles. The van der Waals surface area contributed by atoms with Gasteiger partial charge in [-0.2, -0.15) is 13.2 Å². The van der Waals surface area contributed by atoms with E-state index in [9.17, 15) is 18.0 Å². The number of allylic oxidation sites excluding steroid dienone is 2. The normalized spacial score (nSPS) is 20.4. The van der Waals surface area contributed by atoms with Crippen LogP contribution >= 0.6 is 0 Å². The quantitative estimate of drug-likeness (QED) is 0.705. The van der Waals surface area contributed by atoms with Gasteiger partial charge in [-0.15, -0.1) is 0 Å². The second-order valence-corrected chi connectivity index (χ2v) is 8.86. The number of carbonyl (C=O) groups excluding carboxylic acids is 1. The lowest BCUT2D eigenvalue weighted by Gasteiger charge is -2.30. The van der Waals surface area contributed by atoms with Crippen LogP contribution in [0.4, 0.5) is 18.9 Å². The largest absolute Gasteiger partial charge is 0.488 e. The van der Waals surface area contributed by atoms with Gasteiger partial charge in [-0.1, -0.05) is 31.6 Å². The number of hydrogen-bond donors (Lipinski definition) is 1. The molecule has 1 aromatic rings. The molecule has 4 nitrogen and oxygen atoms in total. The molecule has 164 valence electrons. The molecule has 0 spiro atoms. The van der Waals surface area contributed by atoms with Crippen molar-refractivity contribution in [3.8, 4) is 5.75 Å². The van der Waals surface area contributed by atoms with E-state index in [0.717, 1.165) is 43.6 Å². The van der Waals surface area contributed by atoms with Crippen LogP contribution in [0.2, 0.25) is 0 Å². The smallest absolute Gasteiger partial charge is 0.416 e. The number of hydrogen-bond acceptors (Lipinski definition) is 3. The van der Waals surface area contributed by atoms with Crippen molar-refractivity contribution in [2.45, 2.75) is 52.3 Å². The molecule has 2 aliphatic rings. The van der Waals surface area contributed by atoms with Crippen LogP contribution in [0, 0.1) is 5.41 Å². The highest BCUT2D eigenvalue weighted by Gasteiger charge is 2.32. The number of amides is 1. The summed E-state index contributed by atoms with van der Waals surface area (Å²) in [6.45, 7) is 7.85. The van der Waals surface area contributed by atoms with Crippen LogP contribution in [0.5, 0.6) is 5.75 Å². The first-order valence-electron chi connectivity index (χ1n) is 10.2. The number of carbonyl (C=O) groups is 1. The molecule has 1 aliphatic heterocycles. The molecule has 0 atom stereocenters. The minimum absolute atomic E-state index is 0.0393. The van der Waals surface area contributed by atoms with Crippen molar-refractivity contribution in [1.29, 1.82) is 0 Å². The molecule has 1 saturated heterocycles. The average molecular weight is 422 g/mol. The van der Waals surface area contributed by atoms with E-state index in [0.29, 0.717) is 12.0 Å². The number of rotatable bonds is 4. The van der Waals surface area contributed by atoms with Crippen molar-refractivity contribution in [3.05, 3.63) is 47.1 Å². The number of likely N-dealkylation sites (tertiary alicyclic amines) is 1. The lowest BCUT2D eigenvalue weighted by molar-refractivity contribution is -0.137. The summed E-state index contributed by atoms with van der Waals surface area (Å²) in [4.78, 5) is 15.0. The Morgan fingerprint density at radius 2 is 1.90 bits per heavy atom. The Bertz CT molecular complexity index is 864. The van der Waals surface area contributed by atoms with Crippen LogP contribution in [0.3, 0.4) is 0 Å². The van der Waals surface area contributed by atoms with E-state index in [1.807, 2.05) is 20.0 Å². The fourth-order valence-corrected chi connectivity index (χ4v) is 3.56. The fraction of sp³-hybridized carbons (Fsp3) is 0.522. The number of piperidine rings is 1. The highest BCUT2D eigenvalue weighted by Crippen LogP contribution is 2.38. The van der Waals surface area contributed by atoms with E-state index in [4.69, 9.17) is 4.74 Å². The Labute approximate surface area is 175 Å². The summed E-state index contributed by atoms with van der Waals surface area (Å²) in [7, 11) is 2.02. The zero-order valence-electron chi connectivity index (χ0n) is 17.9. The number of nitrogens with one attached hydrogen (secondary N) is 1. The Balaban J connectivity index is 1.84. The van der Waals surface area contributed by atoms with E-state index in [1.54, 1.807) is 6.08 Å². The molecule has 1 heterocycles. The molecule has 7 heteroatoms. The summed E-state index contributed by atoms with van der Waals surface area (Å²) in [5.41, 5.74) is 0.698. The van der Waals surface area contributed by atoms with Gasteiger partial charge < -0.3 is 15.0 Å². The van der Waals surface area contributed by atoms with E-state index in [2.05, 4.69) is 24.1 Å².